The molecule has 3 aromatic rings. The molecule has 0 amide bonds. The first kappa shape index (κ1) is 26.8. The second-order valence-corrected chi connectivity index (χ2v) is 14.5. The minimum atomic E-state index is 0.150. The van der Waals surface area contributed by atoms with Gasteiger partial charge in [-0.15, -0.1) is 0 Å². The van der Waals surface area contributed by atoms with Gasteiger partial charge in [-0.3, -0.25) is 0 Å². The summed E-state index contributed by atoms with van der Waals surface area (Å²) in [7, 11) is 0. The summed E-state index contributed by atoms with van der Waals surface area (Å²) in [5.74, 6) is 2.87. The maximum atomic E-state index is 2.53. The standard InChI is InChI=1S/C41H46/c1-26-12-10-18-34-36(24-26)30-14-6-8-16-32(30)39(34)38(28-20-22-29(23-21-28)41(3,4)5)40-33-17-9-7-15-31(33)37-25-27(2)13-11-19-35(37)40/h6-9,12-17,20-23,34-37,39H,10-11,18-19,24-25H2,1-5H3/b40-38-. The van der Waals surface area contributed by atoms with Crippen molar-refractivity contribution in [2.75, 3.05) is 0 Å². The van der Waals surface area contributed by atoms with Crippen LogP contribution in [0.15, 0.2) is 96.1 Å². The number of rotatable bonds is 2. The molecule has 0 saturated carbocycles. The first-order chi connectivity index (χ1) is 19.8. The largest absolute Gasteiger partial charge is 0.0856 e. The average molecular weight is 539 g/mol. The molecule has 4 aliphatic carbocycles. The molecule has 0 radical (unpaired) electrons. The third kappa shape index (κ3) is 4.59. The number of benzene rings is 3. The highest BCUT2D eigenvalue weighted by atomic mass is 14.5. The fraction of sp³-hybridized carbons (Fsp3) is 0.415. The lowest BCUT2D eigenvalue weighted by atomic mass is 9.72. The van der Waals surface area contributed by atoms with Crippen LogP contribution in [0.2, 0.25) is 0 Å². The van der Waals surface area contributed by atoms with Gasteiger partial charge in [-0.1, -0.05) is 117 Å². The number of hydrogen-bond acceptors (Lipinski definition) is 0. The summed E-state index contributed by atoms with van der Waals surface area (Å²) in [4.78, 5) is 0. The second kappa shape index (κ2) is 10.3. The van der Waals surface area contributed by atoms with Gasteiger partial charge in [0.05, 0.1) is 0 Å². The lowest BCUT2D eigenvalue weighted by Gasteiger charge is -2.31. The van der Waals surface area contributed by atoms with Gasteiger partial charge in [0.1, 0.15) is 0 Å². The summed E-state index contributed by atoms with van der Waals surface area (Å²) < 4.78 is 0. The Morgan fingerprint density at radius 3 is 1.95 bits per heavy atom. The van der Waals surface area contributed by atoms with Gasteiger partial charge in [0.2, 0.25) is 0 Å². The van der Waals surface area contributed by atoms with Gasteiger partial charge in [-0.2, -0.15) is 0 Å². The number of allylic oxidation sites excluding steroid dienone is 6. The average Bonchev–Trinajstić information content (AvgIpc) is 3.21. The zero-order valence-electron chi connectivity index (χ0n) is 25.7. The van der Waals surface area contributed by atoms with Crippen LogP contribution in [0, 0.1) is 11.8 Å². The molecule has 5 unspecified atom stereocenters. The molecule has 210 valence electrons. The van der Waals surface area contributed by atoms with E-state index in [1.807, 2.05) is 0 Å². The fourth-order valence-electron chi connectivity index (χ4n) is 8.99. The molecule has 0 spiro atoms. The Morgan fingerprint density at radius 2 is 1.24 bits per heavy atom. The Labute approximate surface area is 248 Å². The summed E-state index contributed by atoms with van der Waals surface area (Å²) in [5.41, 5.74) is 15.8. The topological polar surface area (TPSA) is 0 Å². The third-order valence-corrected chi connectivity index (χ3v) is 10.9. The number of hydrogen-bond donors (Lipinski definition) is 0. The zero-order chi connectivity index (χ0) is 28.3. The van der Waals surface area contributed by atoms with Gasteiger partial charge >= 0.3 is 0 Å². The highest BCUT2D eigenvalue weighted by Crippen LogP contribution is 2.62. The van der Waals surface area contributed by atoms with E-state index in [1.54, 1.807) is 39.0 Å². The van der Waals surface area contributed by atoms with Crippen molar-refractivity contribution >= 4 is 11.1 Å². The summed E-state index contributed by atoms with van der Waals surface area (Å²) in [6.45, 7) is 11.7. The molecule has 0 N–H and O–H groups in total. The molecule has 0 nitrogen and oxygen atoms in total. The van der Waals surface area contributed by atoms with Crippen molar-refractivity contribution < 1.29 is 0 Å². The monoisotopic (exact) mass is 538 g/mol. The highest BCUT2D eigenvalue weighted by Gasteiger charge is 2.46. The van der Waals surface area contributed by atoms with E-state index in [0.29, 0.717) is 29.6 Å². The van der Waals surface area contributed by atoms with Crippen LogP contribution in [0.25, 0.3) is 11.1 Å². The molecule has 0 aromatic heterocycles. The maximum absolute atomic E-state index is 2.53. The molecule has 0 bridgehead atoms. The van der Waals surface area contributed by atoms with Gasteiger partial charge in [0.15, 0.2) is 0 Å². The first-order valence-corrected chi connectivity index (χ1v) is 16.2. The van der Waals surface area contributed by atoms with Crippen molar-refractivity contribution in [3.05, 3.63) is 129 Å². The van der Waals surface area contributed by atoms with Gasteiger partial charge in [-0.05, 0) is 126 Å². The van der Waals surface area contributed by atoms with Crippen LogP contribution >= 0.6 is 0 Å². The smallest absolute Gasteiger partial charge is 0.0135 e. The van der Waals surface area contributed by atoms with Crippen LogP contribution in [0.4, 0.5) is 0 Å². The van der Waals surface area contributed by atoms with Gasteiger partial charge in [0.25, 0.3) is 0 Å². The van der Waals surface area contributed by atoms with Crippen molar-refractivity contribution in [3.63, 3.8) is 0 Å². The SMILES string of the molecule is CC1=CCCC2/C(=C(/c3ccc(C(C)(C)C)cc3)C3c4ccccc4C4CC(C)=CCCC43)c3ccccc3C2C1. The Kier molecular flexibility index (Phi) is 6.72. The van der Waals surface area contributed by atoms with Crippen molar-refractivity contribution in [2.45, 2.75) is 96.3 Å². The van der Waals surface area contributed by atoms with E-state index in [9.17, 15) is 0 Å². The predicted octanol–water partition coefficient (Wildman–Crippen LogP) is 11.4. The molecule has 5 atom stereocenters. The summed E-state index contributed by atoms with van der Waals surface area (Å²) >= 11 is 0. The van der Waals surface area contributed by atoms with Gasteiger partial charge < -0.3 is 0 Å². The molecule has 0 heteroatoms. The molecule has 0 heterocycles. The molecule has 0 aliphatic heterocycles. The van der Waals surface area contributed by atoms with E-state index in [0.717, 1.165) is 0 Å². The first-order valence-electron chi connectivity index (χ1n) is 16.2. The molecule has 4 aliphatic rings. The second-order valence-electron chi connectivity index (χ2n) is 14.5. The van der Waals surface area contributed by atoms with E-state index < -0.39 is 0 Å². The van der Waals surface area contributed by atoms with E-state index in [1.165, 1.54) is 55.2 Å². The summed E-state index contributed by atoms with van der Waals surface area (Å²) in [6.07, 6.45) is 12.4. The van der Waals surface area contributed by atoms with Crippen LogP contribution in [-0.4, -0.2) is 0 Å². The molecule has 0 fully saturated rings. The molecule has 7 rings (SSSR count). The Hall–Kier alpha value is -3.12. The van der Waals surface area contributed by atoms with E-state index in [2.05, 4.69) is 120 Å². The molecular formula is C41H46. The van der Waals surface area contributed by atoms with Gasteiger partial charge in [0, 0.05) is 5.92 Å². The summed E-state index contributed by atoms with van der Waals surface area (Å²) in [6, 6.07) is 28.8. The van der Waals surface area contributed by atoms with Crippen molar-refractivity contribution in [2.24, 2.45) is 11.8 Å². The Balaban J connectivity index is 1.50. The van der Waals surface area contributed by atoms with Crippen molar-refractivity contribution in [3.8, 4) is 0 Å². The maximum Gasteiger partial charge on any atom is 0.0135 e. The molecular weight excluding hydrogens is 492 g/mol. The lowest BCUT2D eigenvalue weighted by Crippen LogP contribution is -2.17. The normalized spacial score (nSPS) is 28.4. The van der Waals surface area contributed by atoms with Crippen LogP contribution in [0.1, 0.15) is 124 Å². The van der Waals surface area contributed by atoms with E-state index in [4.69, 9.17) is 0 Å². The quantitative estimate of drug-likeness (QED) is 0.285. The van der Waals surface area contributed by atoms with Crippen LogP contribution in [0.3, 0.4) is 0 Å². The van der Waals surface area contributed by atoms with Crippen LogP contribution in [-0.2, 0) is 5.41 Å². The van der Waals surface area contributed by atoms with Crippen LogP contribution in [0.5, 0.6) is 0 Å². The third-order valence-electron chi connectivity index (χ3n) is 10.9. The minimum Gasteiger partial charge on any atom is -0.0856 e. The fourth-order valence-corrected chi connectivity index (χ4v) is 8.99. The van der Waals surface area contributed by atoms with Gasteiger partial charge in [-0.25, -0.2) is 0 Å². The Morgan fingerprint density at radius 1 is 0.634 bits per heavy atom. The zero-order valence-corrected chi connectivity index (χ0v) is 25.7. The highest BCUT2D eigenvalue weighted by molar-refractivity contribution is 5.98. The minimum absolute atomic E-state index is 0.150. The van der Waals surface area contributed by atoms with E-state index in [-0.39, 0.29) is 5.41 Å². The molecule has 41 heavy (non-hydrogen) atoms. The van der Waals surface area contributed by atoms with Crippen LogP contribution < -0.4 is 0 Å². The van der Waals surface area contributed by atoms with E-state index >= 15 is 0 Å². The summed E-state index contributed by atoms with van der Waals surface area (Å²) in [5, 5.41) is 0. The molecule has 3 aromatic carbocycles. The Bertz CT molecular complexity index is 1550. The number of fused-ring (bicyclic) bond motifs is 6. The predicted molar refractivity (Wildman–Crippen MR) is 175 cm³/mol. The van der Waals surface area contributed by atoms with Crippen molar-refractivity contribution in [1.29, 1.82) is 0 Å². The lowest BCUT2D eigenvalue weighted by molar-refractivity contribution is 0.411. The van der Waals surface area contributed by atoms with Crippen molar-refractivity contribution in [1.82, 2.24) is 0 Å². The molecule has 0 saturated heterocycles.